The maximum Gasteiger partial charge on any atom is 0.305 e. The van der Waals surface area contributed by atoms with Gasteiger partial charge in [0.25, 0.3) is 11.8 Å². The molecule has 4 aromatic carbocycles. The Labute approximate surface area is 256 Å². The molecule has 2 N–H and O–H groups in total. The number of amides is 2. The molecule has 0 aliphatic heterocycles. The number of halogens is 1. The molecule has 0 heterocycles. The first-order chi connectivity index (χ1) is 21.2. The van der Waals surface area contributed by atoms with Crippen LogP contribution in [0.2, 0.25) is 0 Å². The Hall–Kier alpha value is -5.18. The van der Waals surface area contributed by atoms with Crippen LogP contribution in [0, 0.1) is 5.82 Å². The first-order valence-corrected chi connectivity index (χ1v) is 14.2. The second-order valence-corrected chi connectivity index (χ2v) is 10.2. The van der Waals surface area contributed by atoms with Gasteiger partial charge in [0.2, 0.25) is 0 Å². The van der Waals surface area contributed by atoms with Crippen molar-refractivity contribution in [2.45, 2.75) is 25.8 Å². The fourth-order valence-electron chi connectivity index (χ4n) is 4.98. The lowest BCUT2D eigenvalue weighted by Crippen LogP contribution is -2.35. The molecule has 9 heteroatoms. The fraction of sp³-hybridized carbons (Fsp3) is 0.229. The minimum absolute atomic E-state index is 0.00783. The number of hydrogen-bond donors (Lipinski definition) is 2. The third-order valence-corrected chi connectivity index (χ3v) is 7.36. The monoisotopic (exact) mass is 598 g/mol. The van der Waals surface area contributed by atoms with Gasteiger partial charge in [-0.15, -0.1) is 0 Å². The van der Waals surface area contributed by atoms with Crippen LogP contribution in [0.4, 0.5) is 4.39 Å². The second kappa shape index (κ2) is 14.8. The van der Waals surface area contributed by atoms with Crippen LogP contribution in [0.5, 0.6) is 11.5 Å². The molecule has 44 heavy (non-hydrogen) atoms. The molecule has 228 valence electrons. The largest absolute Gasteiger partial charge is 0.497 e. The number of ether oxygens (including phenoxy) is 2. The van der Waals surface area contributed by atoms with Gasteiger partial charge in [0.15, 0.2) is 0 Å². The van der Waals surface area contributed by atoms with Crippen molar-refractivity contribution in [3.05, 3.63) is 119 Å². The van der Waals surface area contributed by atoms with Gasteiger partial charge in [-0.3, -0.25) is 14.4 Å². The van der Waals surface area contributed by atoms with Crippen molar-refractivity contribution in [2.24, 2.45) is 0 Å². The smallest absolute Gasteiger partial charge is 0.305 e. The minimum Gasteiger partial charge on any atom is -0.497 e. The summed E-state index contributed by atoms with van der Waals surface area (Å²) < 4.78 is 24.2. The molecule has 0 bridgehead atoms. The molecule has 0 fully saturated rings. The normalized spacial score (nSPS) is 11.4. The highest BCUT2D eigenvalue weighted by atomic mass is 19.1. The summed E-state index contributed by atoms with van der Waals surface area (Å²) in [6.45, 7) is 2.02. The zero-order valence-electron chi connectivity index (χ0n) is 24.9. The van der Waals surface area contributed by atoms with Crippen molar-refractivity contribution in [2.75, 3.05) is 27.3 Å². The van der Waals surface area contributed by atoms with Crippen molar-refractivity contribution in [3.63, 3.8) is 0 Å². The molecule has 4 aromatic rings. The highest BCUT2D eigenvalue weighted by Crippen LogP contribution is 2.30. The van der Waals surface area contributed by atoms with Crippen LogP contribution in [0.3, 0.4) is 0 Å². The van der Waals surface area contributed by atoms with Crippen molar-refractivity contribution < 1.29 is 33.4 Å². The molecule has 0 aromatic heterocycles. The summed E-state index contributed by atoms with van der Waals surface area (Å²) in [5.74, 6) is -0.831. The van der Waals surface area contributed by atoms with E-state index in [2.05, 4.69) is 5.32 Å². The lowest BCUT2D eigenvalue weighted by Gasteiger charge is -2.24. The number of hydrogen-bond acceptors (Lipinski definition) is 5. The van der Waals surface area contributed by atoms with E-state index in [9.17, 15) is 23.9 Å². The van der Waals surface area contributed by atoms with Gasteiger partial charge in [-0.25, -0.2) is 4.39 Å². The summed E-state index contributed by atoms with van der Waals surface area (Å²) >= 11 is 0. The van der Waals surface area contributed by atoms with Crippen molar-refractivity contribution in [1.82, 2.24) is 10.2 Å². The number of nitrogens with one attached hydrogen (secondary N) is 1. The van der Waals surface area contributed by atoms with E-state index in [4.69, 9.17) is 9.47 Å². The topological polar surface area (TPSA) is 105 Å². The molecule has 1 unspecified atom stereocenters. The van der Waals surface area contributed by atoms with E-state index in [0.29, 0.717) is 40.2 Å². The van der Waals surface area contributed by atoms with Crippen molar-refractivity contribution in [3.8, 4) is 22.6 Å². The Morgan fingerprint density at radius 2 is 1.48 bits per heavy atom. The van der Waals surface area contributed by atoms with Gasteiger partial charge in [0.1, 0.15) is 17.3 Å². The minimum atomic E-state index is -1.02. The SMILES string of the molecule is COc1ccc(OC)c(CCN(CCC(=O)O)C(=O)c2ccccc2-c2ccccc2C(=O)NC(C)c2ccc(F)cc2)c1. The Bertz CT molecular complexity index is 1620. The van der Waals surface area contributed by atoms with Crippen molar-refractivity contribution >= 4 is 17.8 Å². The van der Waals surface area contributed by atoms with E-state index in [1.807, 2.05) is 13.0 Å². The second-order valence-electron chi connectivity index (χ2n) is 10.2. The number of carboxylic acids is 1. The third kappa shape index (κ3) is 7.80. The fourth-order valence-corrected chi connectivity index (χ4v) is 4.98. The molecule has 0 aliphatic carbocycles. The number of aliphatic carboxylic acids is 1. The molecule has 4 rings (SSSR count). The van der Waals surface area contributed by atoms with Crippen LogP contribution >= 0.6 is 0 Å². The predicted octanol–water partition coefficient (Wildman–Crippen LogP) is 6.16. The number of carbonyl (C=O) groups is 3. The summed E-state index contributed by atoms with van der Waals surface area (Å²) in [6, 6.07) is 24.8. The summed E-state index contributed by atoms with van der Waals surface area (Å²) in [5, 5.41) is 12.4. The molecule has 1 atom stereocenters. The molecule has 0 aliphatic rings. The summed E-state index contributed by atoms with van der Waals surface area (Å²) in [5.41, 5.74) is 3.34. The summed E-state index contributed by atoms with van der Waals surface area (Å²) in [6.07, 6.45) is 0.164. The zero-order chi connectivity index (χ0) is 31.6. The molecule has 0 radical (unpaired) electrons. The highest BCUT2D eigenvalue weighted by Gasteiger charge is 2.23. The van der Waals surface area contributed by atoms with Gasteiger partial charge in [-0.1, -0.05) is 48.5 Å². The quantitative estimate of drug-likeness (QED) is 0.191. The molecule has 8 nitrogen and oxygen atoms in total. The molecule has 0 saturated heterocycles. The lowest BCUT2D eigenvalue weighted by molar-refractivity contribution is -0.137. The number of rotatable bonds is 13. The number of carboxylic acid groups (broad SMARTS) is 1. The molecular formula is C35H35FN2O6. The lowest BCUT2D eigenvalue weighted by atomic mass is 9.94. The Balaban J connectivity index is 1.64. The van der Waals surface area contributed by atoms with E-state index in [-0.39, 0.29) is 37.1 Å². The van der Waals surface area contributed by atoms with Gasteiger partial charge in [0, 0.05) is 24.2 Å². The summed E-state index contributed by atoms with van der Waals surface area (Å²) in [7, 11) is 3.12. The number of benzene rings is 4. The predicted molar refractivity (Wildman–Crippen MR) is 166 cm³/mol. The van der Waals surface area contributed by atoms with Gasteiger partial charge in [-0.05, 0) is 78.1 Å². The van der Waals surface area contributed by atoms with Gasteiger partial charge in [-0.2, -0.15) is 0 Å². The number of methoxy groups -OCH3 is 2. The standard InChI is InChI=1S/C35H35FN2O6/c1-23(24-12-14-26(36)15-13-24)37-34(41)30-10-6-4-8-28(30)29-9-5-7-11-31(29)35(42)38(21-19-33(39)40)20-18-25-22-27(43-2)16-17-32(25)44-3/h4-17,22-23H,18-21H2,1-3H3,(H,37,41)(H,39,40). The van der Waals surface area contributed by atoms with Gasteiger partial charge >= 0.3 is 5.97 Å². The first kappa shape index (κ1) is 31.7. The van der Waals surface area contributed by atoms with E-state index in [1.54, 1.807) is 87.0 Å². The Morgan fingerprint density at radius 3 is 2.11 bits per heavy atom. The number of carbonyl (C=O) groups excluding carboxylic acids is 2. The first-order valence-electron chi connectivity index (χ1n) is 14.2. The highest BCUT2D eigenvalue weighted by molar-refractivity contribution is 6.06. The maximum atomic E-state index is 14.1. The van der Waals surface area contributed by atoms with Crippen LogP contribution in [-0.4, -0.2) is 55.1 Å². The van der Waals surface area contributed by atoms with Crippen LogP contribution in [-0.2, 0) is 11.2 Å². The van der Waals surface area contributed by atoms with Crippen LogP contribution < -0.4 is 14.8 Å². The Morgan fingerprint density at radius 1 is 0.841 bits per heavy atom. The van der Waals surface area contributed by atoms with Crippen LogP contribution in [0.25, 0.3) is 11.1 Å². The molecule has 0 spiro atoms. The van der Waals surface area contributed by atoms with Gasteiger partial charge < -0.3 is 24.8 Å². The maximum absolute atomic E-state index is 14.1. The van der Waals surface area contributed by atoms with E-state index in [0.717, 1.165) is 11.1 Å². The molecule has 2 amide bonds. The van der Waals surface area contributed by atoms with E-state index < -0.39 is 12.0 Å². The van der Waals surface area contributed by atoms with Crippen LogP contribution in [0.15, 0.2) is 91.0 Å². The molecular weight excluding hydrogens is 563 g/mol. The zero-order valence-corrected chi connectivity index (χ0v) is 24.9. The van der Waals surface area contributed by atoms with Crippen LogP contribution in [0.1, 0.15) is 51.2 Å². The van der Waals surface area contributed by atoms with Crippen molar-refractivity contribution in [1.29, 1.82) is 0 Å². The van der Waals surface area contributed by atoms with E-state index in [1.165, 1.54) is 17.0 Å². The average molecular weight is 599 g/mol. The van der Waals surface area contributed by atoms with Gasteiger partial charge in [0.05, 0.1) is 26.7 Å². The van der Waals surface area contributed by atoms with E-state index >= 15 is 0 Å². The average Bonchev–Trinajstić information content (AvgIpc) is 3.04. The number of nitrogens with zero attached hydrogens (tertiary/aromatic N) is 1. The summed E-state index contributed by atoms with van der Waals surface area (Å²) in [4.78, 5) is 40.6. The third-order valence-electron chi connectivity index (χ3n) is 7.36. The Kier molecular flexibility index (Phi) is 10.7. The molecule has 0 saturated carbocycles.